The molecular weight excluding hydrogens is 498 g/mol. The van der Waals surface area contributed by atoms with Crippen molar-refractivity contribution >= 4 is 39.1 Å². The normalized spacial score (nSPS) is 13.1. The molecule has 0 saturated carbocycles. The van der Waals surface area contributed by atoms with E-state index in [0.717, 1.165) is 23.8 Å². The molecule has 0 aromatic heterocycles. The smallest absolute Gasteiger partial charge is 0.243 e. The lowest BCUT2D eigenvalue weighted by Crippen LogP contribution is -2.50. The summed E-state index contributed by atoms with van der Waals surface area (Å²) in [5.74, 6) is -0.366. The topological polar surface area (TPSA) is 86.8 Å². The number of carbonyl (C=O) groups excluding carboxylic acids is 2. The summed E-state index contributed by atoms with van der Waals surface area (Å²) in [5, 5.41) is 3.43. The third-order valence-electron chi connectivity index (χ3n) is 6.24. The summed E-state index contributed by atoms with van der Waals surface area (Å²) in [4.78, 5) is 28.2. The lowest BCUT2D eigenvalue weighted by Gasteiger charge is -2.32. The van der Waals surface area contributed by atoms with E-state index < -0.39 is 16.1 Å². The molecule has 0 aliphatic heterocycles. The van der Waals surface area contributed by atoms with Crippen molar-refractivity contribution in [1.82, 2.24) is 10.2 Å². The van der Waals surface area contributed by atoms with E-state index in [-0.39, 0.29) is 30.8 Å². The maximum atomic E-state index is 13.5. The Bertz CT molecular complexity index is 1140. The quantitative estimate of drug-likeness (QED) is 0.394. The molecule has 0 heterocycles. The van der Waals surface area contributed by atoms with Gasteiger partial charge in [-0.2, -0.15) is 0 Å². The van der Waals surface area contributed by atoms with E-state index in [1.54, 1.807) is 29.2 Å². The molecule has 2 aromatic carbocycles. The Morgan fingerprint density at radius 1 is 1.06 bits per heavy atom. The largest absolute Gasteiger partial charge is 0.352 e. The second kappa shape index (κ2) is 13.7. The van der Waals surface area contributed by atoms with Gasteiger partial charge in [-0.1, -0.05) is 55.8 Å². The Morgan fingerprint density at radius 3 is 2.33 bits per heavy atom. The van der Waals surface area contributed by atoms with E-state index in [0.29, 0.717) is 30.1 Å². The minimum Gasteiger partial charge on any atom is -0.352 e. The van der Waals surface area contributed by atoms with Crippen molar-refractivity contribution in [3.8, 4) is 0 Å². The lowest BCUT2D eigenvalue weighted by molar-refractivity contribution is -0.141. The third-order valence-corrected chi connectivity index (χ3v) is 7.67. The molecule has 2 rings (SSSR count). The number of hydrogen-bond acceptors (Lipinski definition) is 4. The lowest BCUT2D eigenvalue weighted by atomic mass is 10.0. The van der Waals surface area contributed by atoms with Crippen LogP contribution in [-0.2, 0) is 26.2 Å². The molecule has 2 atom stereocenters. The second-order valence-electron chi connectivity index (χ2n) is 9.11. The average molecular weight is 536 g/mol. The number of hydrogen-bond donors (Lipinski definition) is 1. The maximum Gasteiger partial charge on any atom is 0.243 e. The summed E-state index contributed by atoms with van der Waals surface area (Å²) in [5.41, 5.74) is 2.46. The first-order chi connectivity index (χ1) is 17.0. The Labute approximate surface area is 220 Å². The van der Waals surface area contributed by atoms with Gasteiger partial charge in [-0.25, -0.2) is 8.42 Å². The van der Waals surface area contributed by atoms with Gasteiger partial charge in [0, 0.05) is 30.6 Å². The molecule has 7 nitrogen and oxygen atoms in total. The number of rotatable bonds is 13. The maximum absolute atomic E-state index is 13.5. The number of amides is 2. The van der Waals surface area contributed by atoms with Gasteiger partial charge in [0.25, 0.3) is 0 Å². The molecule has 0 saturated heterocycles. The van der Waals surface area contributed by atoms with Gasteiger partial charge in [0.05, 0.1) is 11.9 Å². The molecule has 0 aliphatic carbocycles. The number of halogens is 1. The SMILES string of the molecule is CC[C@H](C)NC(=O)[C@H](CC)N(Cc1ccccc1C)C(=O)CCCN(c1cccc(Cl)c1)S(C)(=O)=O. The van der Waals surface area contributed by atoms with Crippen LogP contribution in [0.15, 0.2) is 48.5 Å². The highest BCUT2D eigenvalue weighted by atomic mass is 35.5. The summed E-state index contributed by atoms with van der Waals surface area (Å²) in [7, 11) is -3.57. The molecule has 9 heteroatoms. The highest BCUT2D eigenvalue weighted by molar-refractivity contribution is 7.92. The van der Waals surface area contributed by atoms with Crippen LogP contribution in [0.2, 0.25) is 5.02 Å². The van der Waals surface area contributed by atoms with E-state index in [2.05, 4.69) is 5.32 Å². The van der Waals surface area contributed by atoms with Gasteiger partial charge in [-0.05, 0) is 62.4 Å². The van der Waals surface area contributed by atoms with E-state index in [1.807, 2.05) is 52.0 Å². The van der Waals surface area contributed by atoms with Crippen LogP contribution in [0.1, 0.15) is 57.6 Å². The van der Waals surface area contributed by atoms with E-state index >= 15 is 0 Å². The molecular formula is C27H38ClN3O4S. The number of nitrogens with one attached hydrogen (secondary N) is 1. The summed E-state index contributed by atoms with van der Waals surface area (Å²) >= 11 is 6.06. The monoisotopic (exact) mass is 535 g/mol. The highest BCUT2D eigenvalue weighted by Crippen LogP contribution is 2.23. The molecule has 0 unspecified atom stereocenters. The number of anilines is 1. The van der Waals surface area contributed by atoms with Crippen LogP contribution >= 0.6 is 11.6 Å². The highest BCUT2D eigenvalue weighted by Gasteiger charge is 2.29. The molecule has 0 fully saturated rings. The second-order valence-corrected chi connectivity index (χ2v) is 11.5. The van der Waals surface area contributed by atoms with Crippen molar-refractivity contribution < 1.29 is 18.0 Å². The fourth-order valence-corrected chi connectivity index (χ4v) is 5.11. The molecule has 2 amide bonds. The van der Waals surface area contributed by atoms with Crippen LogP contribution in [0.4, 0.5) is 5.69 Å². The molecule has 0 bridgehead atoms. The zero-order valence-electron chi connectivity index (χ0n) is 21.8. The first-order valence-electron chi connectivity index (χ1n) is 12.4. The van der Waals surface area contributed by atoms with Crippen LogP contribution in [0.25, 0.3) is 0 Å². The summed E-state index contributed by atoms with van der Waals surface area (Å²) in [6.07, 6.45) is 2.79. The Morgan fingerprint density at radius 2 is 1.75 bits per heavy atom. The van der Waals surface area contributed by atoms with E-state index in [4.69, 9.17) is 11.6 Å². The Hall–Kier alpha value is -2.58. The fraction of sp³-hybridized carbons (Fsp3) is 0.481. The van der Waals surface area contributed by atoms with Crippen molar-refractivity contribution in [2.45, 2.75) is 72.0 Å². The van der Waals surface area contributed by atoms with Crippen molar-refractivity contribution in [2.24, 2.45) is 0 Å². The number of aryl methyl sites for hydroxylation is 1. The van der Waals surface area contributed by atoms with E-state index in [9.17, 15) is 18.0 Å². The van der Waals surface area contributed by atoms with Gasteiger partial charge in [0.1, 0.15) is 6.04 Å². The number of sulfonamides is 1. The van der Waals surface area contributed by atoms with Crippen LogP contribution in [0.3, 0.4) is 0 Å². The molecule has 36 heavy (non-hydrogen) atoms. The zero-order valence-corrected chi connectivity index (χ0v) is 23.4. The zero-order chi connectivity index (χ0) is 26.9. The van der Waals surface area contributed by atoms with Gasteiger partial charge in [0.15, 0.2) is 0 Å². The average Bonchev–Trinajstić information content (AvgIpc) is 2.81. The molecule has 0 aliphatic rings. The van der Waals surface area contributed by atoms with Gasteiger partial charge in [0.2, 0.25) is 21.8 Å². The molecule has 1 N–H and O–H groups in total. The summed E-state index contributed by atoms with van der Waals surface area (Å²) in [6.45, 7) is 8.24. The number of nitrogens with zero attached hydrogens (tertiary/aromatic N) is 2. The van der Waals surface area contributed by atoms with Crippen molar-refractivity contribution in [3.63, 3.8) is 0 Å². The molecule has 0 spiro atoms. The minimum absolute atomic E-state index is 0.00276. The first-order valence-corrected chi connectivity index (χ1v) is 14.6. The minimum atomic E-state index is -3.57. The predicted octanol–water partition coefficient (Wildman–Crippen LogP) is 4.92. The number of benzene rings is 2. The van der Waals surface area contributed by atoms with Gasteiger partial charge >= 0.3 is 0 Å². The van der Waals surface area contributed by atoms with Crippen LogP contribution < -0.4 is 9.62 Å². The standard InChI is InChI=1S/C27H38ClN3O4S/c1-6-21(4)29-27(33)25(7-2)30(19-22-13-9-8-12-20(22)3)26(32)16-11-17-31(36(5,34)35)24-15-10-14-23(28)18-24/h8-10,12-15,18,21,25H,6-7,11,16-17,19H2,1-5H3,(H,29,33)/t21-,25-/m0/s1. The van der Waals surface area contributed by atoms with Crippen LogP contribution in [-0.4, -0.2) is 50.0 Å². The van der Waals surface area contributed by atoms with Crippen LogP contribution in [0.5, 0.6) is 0 Å². The van der Waals surface area contributed by atoms with Gasteiger partial charge < -0.3 is 10.2 Å². The van der Waals surface area contributed by atoms with Gasteiger partial charge in [-0.15, -0.1) is 0 Å². The first kappa shape index (κ1) is 29.6. The predicted molar refractivity (Wildman–Crippen MR) is 147 cm³/mol. The van der Waals surface area contributed by atoms with Crippen molar-refractivity contribution in [1.29, 1.82) is 0 Å². The van der Waals surface area contributed by atoms with Crippen molar-refractivity contribution in [2.75, 3.05) is 17.1 Å². The Kier molecular flexibility index (Phi) is 11.2. The third kappa shape index (κ3) is 8.52. The summed E-state index contributed by atoms with van der Waals surface area (Å²) in [6, 6.07) is 13.8. The molecule has 198 valence electrons. The van der Waals surface area contributed by atoms with Crippen LogP contribution in [0, 0.1) is 6.92 Å². The molecule has 0 radical (unpaired) electrons. The molecule has 2 aromatic rings. The fourth-order valence-electron chi connectivity index (χ4n) is 3.97. The number of carbonyl (C=O) groups is 2. The summed E-state index contributed by atoms with van der Waals surface area (Å²) < 4.78 is 26.1. The Balaban J connectivity index is 2.24. The van der Waals surface area contributed by atoms with Gasteiger partial charge in [-0.3, -0.25) is 13.9 Å². The van der Waals surface area contributed by atoms with E-state index in [1.165, 1.54) is 4.31 Å². The van der Waals surface area contributed by atoms with Crippen molar-refractivity contribution in [3.05, 3.63) is 64.7 Å².